The highest BCUT2D eigenvalue weighted by atomic mass is 79.9. The average molecular weight is 351 g/mol. The molecule has 6 heteroatoms. The average Bonchev–Trinajstić information content (AvgIpc) is 2.41. The van der Waals surface area contributed by atoms with E-state index in [1.54, 1.807) is 42.5 Å². The van der Waals surface area contributed by atoms with E-state index in [0.717, 1.165) is 4.47 Å². The number of ether oxygens (including phenoxy) is 1. The molecular formula is C14H11BrN2O2S. The number of hydrogen-bond acceptors (Lipinski definition) is 3. The summed E-state index contributed by atoms with van der Waals surface area (Å²) in [4.78, 5) is 11.6. The number of rotatable bonds is 4. The molecule has 0 saturated heterocycles. The van der Waals surface area contributed by atoms with Crippen LogP contribution in [-0.4, -0.2) is 10.9 Å². The zero-order valence-electron chi connectivity index (χ0n) is 10.3. The molecule has 0 radical (unpaired) electrons. The molecule has 2 aromatic rings. The molecule has 0 bridgehead atoms. The SMILES string of the molecule is NC(=O)c1ccccc1Oc1ccc(Br)cc1C(N)=S. The summed E-state index contributed by atoms with van der Waals surface area (Å²) < 4.78 is 6.56. The van der Waals surface area contributed by atoms with Crippen LogP contribution in [0.2, 0.25) is 0 Å². The molecule has 0 fully saturated rings. The van der Waals surface area contributed by atoms with E-state index in [1.807, 2.05) is 0 Å². The summed E-state index contributed by atoms with van der Waals surface area (Å²) in [7, 11) is 0. The minimum Gasteiger partial charge on any atom is -0.456 e. The van der Waals surface area contributed by atoms with Crippen LogP contribution in [0.4, 0.5) is 0 Å². The Morgan fingerprint density at radius 3 is 2.35 bits per heavy atom. The van der Waals surface area contributed by atoms with Gasteiger partial charge in [0.05, 0.1) is 11.1 Å². The Bertz CT molecular complexity index is 689. The standard InChI is InChI=1S/C14H11BrN2O2S/c15-8-5-6-12(10(7-8)14(17)20)19-11-4-2-1-3-9(11)13(16)18/h1-7H,(H2,16,18)(H2,17,20). The molecule has 102 valence electrons. The van der Waals surface area contributed by atoms with Crippen molar-refractivity contribution >= 4 is 39.0 Å². The van der Waals surface area contributed by atoms with Gasteiger partial charge in [-0.1, -0.05) is 40.3 Å². The minimum absolute atomic E-state index is 0.206. The fraction of sp³-hybridized carbons (Fsp3) is 0. The molecule has 2 rings (SSSR count). The number of para-hydroxylation sites is 1. The summed E-state index contributed by atoms with van der Waals surface area (Å²) in [6, 6.07) is 12.0. The van der Waals surface area contributed by atoms with E-state index in [0.29, 0.717) is 22.6 Å². The Morgan fingerprint density at radius 1 is 1.05 bits per heavy atom. The lowest BCUT2D eigenvalue weighted by molar-refractivity contribution is 0.0998. The normalized spacial score (nSPS) is 10.1. The van der Waals surface area contributed by atoms with Gasteiger partial charge in [0.15, 0.2) is 0 Å². The van der Waals surface area contributed by atoms with Crippen molar-refractivity contribution < 1.29 is 9.53 Å². The Morgan fingerprint density at radius 2 is 1.70 bits per heavy atom. The number of nitrogens with two attached hydrogens (primary N) is 2. The topological polar surface area (TPSA) is 78.3 Å². The lowest BCUT2D eigenvalue weighted by Gasteiger charge is -2.12. The van der Waals surface area contributed by atoms with Crippen molar-refractivity contribution in [3.8, 4) is 11.5 Å². The van der Waals surface area contributed by atoms with Crippen LogP contribution < -0.4 is 16.2 Å². The molecule has 0 heterocycles. The summed E-state index contributed by atoms with van der Waals surface area (Å²) in [5.41, 5.74) is 11.9. The fourth-order valence-corrected chi connectivity index (χ4v) is 2.18. The number of halogens is 1. The maximum atomic E-state index is 11.4. The highest BCUT2D eigenvalue weighted by Gasteiger charge is 2.13. The van der Waals surface area contributed by atoms with Crippen molar-refractivity contribution in [1.29, 1.82) is 0 Å². The van der Waals surface area contributed by atoms with Crippen molar-refractivity contribution in [1.82, 2.24) is 0 Å². The zero-order chi connectivity index (χ0) is 14.7. The third kappa shape index (κ3) is 3.15. The Hall–Kier alpha value is -1.92. The highest BCUT2D eigenvalue weighted by Crippen LogP contribution is 2.30. The van der Waals surface area contributed by atoms with Gasteiger partial charge in [-0.05, 0) is 30.3 Å². The van der Waals surface area contributed by atoms with E-state index in [4.69, 9.17) is 28.4 Å². The largest absolute Gasteiger partial charge is 0.456 e. The monoisotopic (exact) mass is 350 g/mol. The number of carbonyl (C=O) groups is 1. The molecule has 2 aromatic carbocycles. The second-order valence-electron chi connectivity index (χ2n) is 3.97. The van der Waals surface area contributed by atoms with E-state index in [-0.39, 0.29) is 4.99 Å². The lowest BCUT2D eigenvalue weighted by Crippen LogP contribution is -2.13. The van der Waals surface area contributed by atoms with Crippen LogP contribution in [0.25, 0.3) is 0 Å². The van der Waals surface area contributed by atoms with Gasteiger partial charge in [0.25, 0.3) is 5.91 Å². The molecule has 0 aliphatic heterocycles. The second-order valence-corrected chi connectivity index (χ2v) is 5.32. The van der Waals surface area contributed by atoms with Crippen LogP contribution in [0.5, 0.6) is 11.5 Å². The maximum Gasteiger partial charge on any atom is 0.252 e. The van der Waals surface area contributed by atoms with Gasteiger partial charge in [0, 0.05) is 4.47 Å². The molecule has 0 aromatic heterocycles. The van der Waals surface area contributed by atoms with Gasteiger partial charge in [0.1, 0.15) is 16.5 Å². The molecule has 0 saturated carbocycles. The van der Waals surface area contributed by atoms with E-state index < -0.39 is 5.91 Å². The van der Waals surface area contributed by atoms with Gasteiger partial charge in [0.2, 0.25) is 0 Å². The van der Waals surface area contributed by atoms with Crippen molar-refractivity contribution in [2.45, 2.75) is 0 Å². The van der Waals surface area contributed by atoms with Crippen LogP contribution in [0.3, 0.4) is 0 Å². The zero-order valence-corrected chi connectivity index (χ0v) is 12.7. The summed E-state index contributed by atoms with van der Waals surface area (Å²) in [6.45, 7) is 0. The van der Waals surface area contributed by atoms with Crippen LogP contribution in [0, 0.1) is 0 Å². The number of benzene rings is 2. The molecule has 0 atom stereocenters. The summed E-state index contributed by atoms with van der Waals surface area (Å²) in [5, 5.41) is 0. The predicted molar refractivity (Wildman–Crippen MR) is 85.1 cm³/mol. The molecule has 0 unspecified atom stereocenters. The third-order valence-electron chi connectivity index (χ3n) is 2.58. The fourth-order valence-electron chi connectivity index (χ4n) is 1.66. The molecule has 0 spiro atoms. The molecule has 0 aliphatic rings. The molecule has 20 heavy (non-hydrogen) atoms. The number of hydrogen-bond donors (Lipinski definition) is 2. The first kappa shape index (κ1) is 14.5. The van der Waals surface area contributed by atoms with Crippen LogP contribution in [0.1, 0.15) is 15.9 Å². The quantitative estimate of drug-likeness (QED) is 0.830. The van der Waals surface area contributed by atoms with Gasteiger partial charge in [-0.15, -0.1) is 0 Å². The predicted octanol–water partition coefficient (Wildman–Crippen LogP) is 2.97. The van der Waals surface area contributed by atoms with Crippen molar-refractivity contribution in [2.75, 3.05) is 0 Å². The number of carbonyl (C=O) groups excluding carboxylic acids is 1. The molecule has 4 N–H and O–H groups in total. The Balaban J connectivity index is 2.45. The smallest absolute Gasteiger partial charge is 0.252 e. The van der Waals surface area contributed by atoms with Gasteiger partial charge in [-0.2, -0.15) is 0 Å². The lowest BCUT2D eigenvalue weighted by atomic mass is 10.1. The third-order valence-corrected chi connectivity index (χ3v) is 3.29. The first-order valence-corrected chi connectivity index (χ1v) is 6.85. The first-order valence-electron chi connectivity index (χ1n) is 5.65. The van der Waals surface area contributed by atoms with Crippen molar-refractivity contribution in [3.63, 3.8) is 0 Å². The minimum atomic E-state index is -0.561. The second kappa shape index (κ2) is 6.02. The van der Waals surface area contributed by atoms with E-state index in [9.17, 15) is 4.79 Å². The Kier molecular flexibility index (Phi) is 4.36. The highest BCUT2D eigenvalue weighted by molar-refractivity contribution is 9.10. The van der Waals surface area contributed by atoms with Gasteiger partial charge < -0.3 is 16.2 Å². The van der Waals surface area contributed by atoms with Crippen LogP contribution in [0.15, 0.2) is 46.9 Å². The van der Waals surface area contributed by atoms with Crippen molar-refractivity contribution in [2.24, 2.45) is 11.5 Å². The summed E-state index contributed by atoms with van der Waals surface area (Å²) in [6.07, 6.45) is 0. The summed E-state index contributed by atoms with van der Waals surface area (Å²) in [5.74, 6) is 0.267. The van der Waals surface area contributed by atoms with Crippen molar-refractivity contribution in [3.05, 3.63) is 58.1 Å². The van der Waals surface area contributed by atoms with E-state index in [2.05, 4.69) is 15.9 Å². The Labute approximate surface area is 129 Å². The molecular weight excluding hydrogens is 340 g/mol. The van der Waals surface area contributed by atoms with Gasteiger partial charge in [-0.3, -0.25) is 4.79 Å². The first-order chi connectivity index (χ1) is 9.49. The maximum absolute atomic E-state index is 11.4. The number of primary amides is 1. The van der Waals surface area contributed by atoms with Gasteiger partial charge >= 0.3 is 0 Å². The van der Waals surface area contributed by atoms with E-state index in [1.165, 1.54) is 0 Å². The molecule has 4 nitrogen and oxygen atoms in total. The molecule has 0 aliphatic carbocycles. The van der Waals surface area contributed by atoms with Gasteiger partial charge in [-0.25, -0.2) is 0 Å². The van der Waals surface area contributed by atoms with Crippen LogP contribution in [-0.2, 0) is 0 Å². The van der Waals surface area contributed by atoms with Crippen LogP contribution >= 0.6 is 28.1 Å². The van der Waals surface area contributed by atoms with E-state index >= 15 is 0 Å². The number of thiocarbonyl (C=S) groups is 1. The summed E-state index contributed by atoms with van der Waals surface area (Å²) >= 11 is 8.34. The number of amides is 1. The molecule has 1 amide bonds.